The number of aliphatic imine (C=N–C) groups is 1. The van der Waals surface area contributed by atoms with E-state index in [2.05, 4.69) is 34.0 Å². The molecule has 1 aliphatic heterocycles. The highest BCUT2D eigenvalue weighted by Crippen LogP contribution is 2.17. The van der Waals surface area contributed by atoms with E-state index in [0.29, 0.717) is 25.6 Å². The summed E-state index contributed by atoms with van der Waals surface area (Å²) in [6.07, 6.45) is 1.17. The lowest BCUT2D eigenvalue weighted by Gasteiger charge is -2.24. The van der Waals surface area contributed by atoms with Crippen LogP contribution in [0.25, 0.3) is 0 Å². The number of nitrogens with zero attached hydrogens (tertiary/aromatic N) is 4. The van der Waals surface area contributed by atoms with E-state index in [0.717, 1.165) is 45.2 Å². The Morgan fingerprint density at radius 1 is 1.11 bits per heavy atom. The summed E-state index contributed by atoms with van der Waals surface area (Å²) in [4.78, 5) is 9.34. The molecule has 0 aromatic rings. The number of guanidine groups is 1. The molecule has 0 radical (unpaired) electrons. The Kier molecular flexibility index (Phi) is 13.9. The molecule has 1 saturated heterocycles. The van der Waals surface area contributed by atoms with Crippen LogP contribution in [0, 0.1) is 5.92 Å². The quantitative estimate of drug-likeness (QED) is 0.258. The van der Waals surface area contributed by atoms with E-state index in [1.165, 1.54) is 10.7 Å². The molecule has 1 N–H and O–H groups in total. The molecule has 0 aromatic heterocycles. The summed E-state index contributed by atoms with van der Waals surface area (Å²) >= 11 is 0. The molecule has 1 rings (SSSR count). The van der Waals surface area contributed by atoms with E-state index in [1.807, 2.05) is 20.8 Å². The Morgan fingerprint density at radius 3 is 2.26 bits per heavy atom. The van der Waals surface area contributed by atoms with Gasteiger partial charge in [0, 0.05) is 39.3 Å². The maximum Gasteiger partial charge on any atom is 0.215 e. The lowest BCUT2D eigenvalue weighted by Crippen LogP contribution is -2.41. The Morgan fingerprint density at radius 2 is 1.74 bits per heavy atom. The van der Waals surface area contributed by atoms with Crippen LogP contribution >= 0.6 is 24.0 Å². The van der Waals surface area contributed by atoms with Crippen LogP contribution in [-0.4, -0.2) is 93.1 Å². The fraction of sp³-hybridized carbons (Fsp3) is 0.944. The molecule has 9 heteroatoms. The highest BCUT2D eigenvalue weighted by Gasteiger charge is 2.26. The monoisotopic (exact) mass is 517 g/mol. The van der Waals surface area contributed by atoms with Crippen molar-refractivity contribution in [1.29, 1.82) is 0 Å². The predicted molar refractivity (Wildman–Crippen MR) is 126 cm³/mol. The summed E-state index contributed by atoms with van der Waals surface area (Å²) in [5, 5.41) is 3.32. The Labute approximate surface area is 184 Å². The van der Waals surface area contributed by atoms with E-state index in [-0.39, 0.29) is 29.7 Å². The molecule has 0 bridgehead atoms. The molecule has 0 aliphatic carbocycles. The number of hydrogen-bond acceptors (Lipinski definition) is 4. The van der Waals surface area contributed by atoms with Gasteiger partial charge in [-0.1, -0.05) is 27.7 Å². The molecule has 27 heavy (non-hydrogen) atoms. The molecule has 1 fully saturated rings. The molecule has 162 valence electrons. The molecule has 0 amide bonds. The number of sulfonamides is 1. The van der Waals surface area contributed by atoms with Crippen LogP contribution in [0.3, 0.4) is 0 Å². The van der Waals surface area contributed by atoms with Crippen molar-refractivity contribution >= 4 is 40.0 Å². The van der Waals surface area contributed by atoms with Crippen LogP contribution in [0.4, 0.5) is 0 Å². The van der Waals surface area contributed by atoms with Gasteiger partial charge in [-0.2, -0.15) is 0 Å². The second kappa shape index (κ2) is 13.9. The highest BCUT2D eigenvalue weighted by molar-refractivity contribution is 14.0. The largest absolute Gasteiger partial charge is 0.357 e. The van der Waals surface area contributed by atoms with Gasteiger partial charge in [0.1, 0.15) is 0 Å². The fourth-order valence-electron chi connectivity index (χ4n) is 3.46. The minimum atomic E-state index is -3.22. The van der Waals surface area contributed by atoms with Gasteiger partial charge in [0.15, 0.2) is 5.96 Å². The number of likely N-dealkylation sites (tertiary alicyclic amines) is 1. The van der Waals surface area contributed by atoms with Crippen LogP contribution in [-0.2, 0) is 10.0 Å². The van der Waals surface area contributed by atoms with Crippen LogP contribution in [0.15, 0.2) is 4.99 Å². The molecule has 7 nitrogen and oxygen atoms in total. The van der Waals surface area contributed by atoms with Gasteiger partial charge in [0.05, 0.1) is 12.3 Å². The first kappa shape index (κ1) is 26.9. The summed E-state index contributed by atoms with van der Waals surface area (Å²) in [5.74, 6) is 1.57. The van der Waals surface area contributed by atoms with Gasteiger partial charge < -0.3 is 15.1 Å². The first-order valence-corrected chi connectivity index (χ1v) is 11.8. The summed E-state index contributed by atoms with van der Waals surface area (Å²) in [5.41, 5.74) is 0. The lowest BCUT2D eigenvalue weighted by atomic mass is 10.1. The average molecular weight is 518 g/mol. The van der Waals surface area contributed by atoms with Crippen LogP contribution in [0.2, 0.25) is 0 Å². The van der Waals surface area contributed by atoms with Crippen LogP contribution < -0.4 is 5.32 Å². The summed E-state index contributed by atoms with van der Waals surface area (Å²) in [6, 6.07) is 0. The molecule has 0 spiro atoms. The van der Waals surface area contributed by atoms with E-state index >= 15 is 0 Å². The van der Waals surface area contributed by atoms with Crippen molar-refractivity contribution in [2.75, 3.05) is 64.7 Å². The normalized spacial score (nSPS) is 18.3. The second-order valence-electron chi connectivity index (χ2n) is 6.72. The Hall–Kier alpha value is -0.130. The third kappa shape index (κ3) is 8.82. The molecule has 1 aliphatic rings. The number of nitrogens with one attached hydrogen (secondary N) is 1. The topological polar surface area (TPSA) is 68.2 Å². The van der Waals surface area contributed by atoms with Crippen LogP contribution in [0.1, 0.15) is 41.0 Å². The fourth-order valence-corrected chi connectivity index (χ4v) is 4.83. The molecule has 1 unspecified atom stereocenters. The maximum absolute atomic E-state index is 12.3. The van der Waals surface area contributed by atoms with Crippen molar-refractivity contribution in [3.8, 4) is 0 Å². The molecule has 1 atom stereocenters. The third-order valence-corrected chi connectivity index (χ3v) is 7.04. The minimum Gasteiger partial charge on any atom is -0.357 e. The maximum atomic E-state index is 12.3. The third-order valence-electron chi connectivity index (χ3n) is 5.04. The van der Waals surface area contributed by atoms with Gasteiger partial charge in [-0.3, -0.25) is 4.99 Å². The Balaban J connectivity index is 0.00000676. The first-order chi connectivity index (χ1) is 12.4. The summed E-state index contributed by atoms with van der Waals surface area (Å²) < 4.78 is 26.1. The number of halogens is 1. The van der Waals surface area contributed by atoms with E-state index < -0.39 is 10.0 Å². The number of hydrogen-bond donors (Lipinski definition) is 1. The zero-order valence-corrected chi connectivity index (χ0v) is 20.9. The summed E-state index contributed by atoms with van der Waals surface area (Å²) in [7, 11) is -3.22. The summed E-state index contributed by atoms with van der Waals surface area (Å²) in [6.45, 7) is 17.6. The van der Waals surface area contributed by atoms with E-state index in [9.17, 15) is 8.42 Å². The van der Waals surface area contributed by atoms with Crippen molar-refractivity contribution in [3.05, 3.63) is 0 Å². The predicted octanol–water partition coefficient (Wildman–Crippen LogP) is 1.91. The van der Waals surface area contributed by atoms with Gasteiger partial charge in [-0.05, 0) is 32.4 Å². The standard InChI is InChI=1S/C18H39N5O2S.HI/c1-6-19-18(20-12-14-26(24,25)23(9-4)10-5)22-13-11-17(16-22)15-21(7-2)8-3;/h17H,6-16H2,1-5H3,(H,19,20);1H. The van der Waals surface area contributed by atoms with Crippen molar-refractivity contribution < 1.29 is 8.42 Å². The Bertz CT molecular complexity index is 522. The van der Waals surface area contributed by atoms with Crippen molar-refractivity contribution in [2.45, 2.75) is 41.0 Å². The molecule has 1 heterocycles. The van der Waals surface area contributed by atoms with Crippen molar-refractivity contribution in [1.82, 2.24) is 19.4 Å². The van der Waals surface area contributed by atoms with Crippen LogP contribution in [0.5, 0.6) is 0 Å². The zero-order valence-electron chi connectivity index (χ0n) is 17.8. The SMILES string of the molecule is CCNC(=NCCS(=O)(=O)N(CC)CC)N1CCC(CN(CC)CC)C1.I. The lowest BCUT2D eigenvalue weighted by molar-refractivity contribution is 0.255. The van der Waals surface area contributed by atoms with Gasteiger partial charge in [0.25, 0.3) is 0 Å². The molecule has 0 saturated carbocycles. The van der Waals surface area contributed by atoms with E-state index in [4.69, 9.17) is 0 Å². The van der Waals surface area contributed by atoms with Crippen molar-refractivity contribution in [2.24, 2.45) is 10.9 Å². The smallest absolute Gasteiger partial charge is 0.215 e. The van der Waals surface area contributed by atoms with Gasteiger partial charge in [0.2, 0.25) is 10.0 Å². The molecule has 0 aromatic carbocycles. The second-order valence-corrected chi connectivity index (χ2v) is 8.81. The molecular weight excluding hydrogens is 477 g/mol. The van der Waals surface area contributed by atoms with Crippen molar-refractivity contribution in [3.63, 3.8) is 0 Å². The first-order valence-electron chi connectivity index (χ1n) is 10.1. The highest BCUT2D eigenvalue weighted by atomic mass is 127. The van der Waals surface area contributed by atoms with Gasteiger partial charge in [-0.25, -0.2) is 12.7 Å². The minimum absolute atomic E-state index is 0. The van der Waals surface area contributed by atoms with E-state index in [1.54, 1.807) is 0 Å². The average Bonchev–Trinajstić information content (AvgIpc) is 3.08. The number of rotatable bonds is 11. The van der Waals surface area contributed by atoms with Gasteiger partial charge >= 0.3 is 0 Å². The van der Waals surface area contributed by atoms with Gasteiger partial charge in [-0.15, -0.1) is 24.0 Å². The molecular formula is C18H40IN5O2S. The zero-order chi connectivity index (χ0) is 19.6.